The Morgan fingerprint density at radius 2 is 2.12 bits per heavy atom. The second-order valence-electron chi connectivity index (χ2n) is 4.44. The topological polar surface area (TPSA) is 55.9 Å². The molecule has 0 spiro atoms. The summed E-state index contributed by atoms with van der Waals surface area (Å²) in [6, 6.07) is 0. The van der Waals surface area contributed by atoms with E-state index in [-0.39, 0.29) is 0 Å². The van der Waals surface area contributed by atoms with Crippen molar-refractivity contribution in [3.05, 3.63) is 34.9 Å². The molecule has 17 heavy (non-hydrogen) atoms. The molecule has 0 radical (unpaired) electrons. The van der Waals surface area contributed by atoms with Crippen molar-refractivity contribution in [3.63, 3.8) is 0 Å². The summed E-state index contributed by atoms with van der Waals surface area (Å²) in [7, 11) is 1.89. The minimum atomic E-state index is -0.474. The second-order valence-corrected chi connectivity index (χ2v) is 4.44. The van der Waals surface area contributed by atoms with Gasteiger partial charge in [0, 0.05) is 30.1 Å². The third-order valence-corrected chi connectivity index (χ3v) is 2.95. The molecule has 0 aliphatic heterocycles. The van der Waals surface area contributed by atoms with Crippen LogP contribution in [0, 0.1) is 13.8 Å². The number of hydrogen-bond acceptors (Lipinski definition) is 3. The fourth-order valence-corrected chi connectivity index (χ4v) is 2.20. The monoisotopic (exact) mass is 234 g/mol. The zero-order chi connectivity index (χ0) is 12.6. The van der Waals surface area contributed by atoms with Gasteiger partial charge in [-0.2, -0.15) is 10.2 Å². The first-order valence-corrected chi connectivity index (χ1v) is 5.68. The SMILES string of the molecule is Cc1nn(Cc2cnn(C)c2)c(C)c1C(C)O. The van der Waals surface area contributed by atoms with E-state index in [9.17, 15) is 5.11 Å². The molecule has 0 aliphatic rings. The van der Waals surface area contributed by atoms with Crippen LogP contribution >= 0.6 is 0 Å². The molecule has 0 saturated heterocycles. The summed E-state index contributed by atoms with van der Waals surface area (Å²) in [5, 5.41) is 18.3. The van der Waals surface area contributed by atoms with Crippen molar-refractivity contribution in [2.75, 3.05) is 0 Å². The number of aliphatic hydroxyl groups excluding tert-OH is 1. The van der Waals surface area contributed by atoms with Crippen molar-refractivity contribution in [2.24, 2.45) is 7.05 Å². The maximum absolute atomic E-state index is 9.70. The van der Waals surface area contributed by atoms with E-state index in [4.69, 9.17) is 0 Å². The lowest BCUT2D eigenvalue weighted by molar-refractivity contribution is 0.197. The number of aliphatic hydroxyl groups is 1. The molecule has 2 aromatic rings. The highest BCUT2D eigenvalue weighted by Gasteiger charge is 2.15. The van der Waals surface area contributed by atoms with E-state index in [0.29, 0.717) is 6.54 Å². The summed E-state index contributed by atoms with van der Waals surface area (Å²) >= 11 is 0. The average Bonchev–Trinajstić information content (AvgIpc) is 2.73. The molecule has 0 aromatic carbocycles. The van der Waals surface area contributed by atoms with Crippen LogP contribution in [0.25, 0.3) is 0 Å². The summed E-state index contributed by atoms with van der Waals surface area (Å²) in [6.07, 6.45) is 3.33. The van der Waals surface area contributed by atoms with Crippen molar-refractivity contribution in [1.82, 2.24) is 19.6 Å². The van der Waals surface area contributed by atoms with Crippen molar-refractivity contribution in [3.8, 4) is 0 Å². The number of nitrogens with zero attached hydrogens (tertiary/aromatic N) is 4. The van der Waals surface area contributed by atoms with Gasteiger partial charge < -0.3 is 5.11 Å². The highest BCUT2D eigenvalue weighted by Crippen LogP contribution is 2.21. The van der Waals surface area contributed by atoms with Crippen molar-refractivity contribution < 1.29 is 5.11 Å². The van der Waals surface area contributed by atoms with Crippen LogP contribution in [0.2, 0.25) is 0 Å². The normalized spacial score (nSPS) is 13.0. The molecule has 0 bridgehead atoms. The van der Waals surface area contributed by atoms with Crippen LogP contribution in [0.5, 0.6) is 0 Å². The van der Waals surface area contributed by atoms with E-state index in [1.165, 1.54) is 0 Å². The fraction of sp³-hybridized carbons (Fsp3) is 0.500. The van der Waals surface area contributed by atoms with E-state index in [2.05, 4.69) is 10.2 Å². The van der Waals surface area contributed by atoms with Crippen LogP contribution in [0.15, 0.2) is 12.4 Å². The molecule has 1 unspecified atom stereocenters. The van der Waals surface area contributed by atoms with E-state index in [0.717, 1.165) is 22.5 Å². The van der Waals surface area contributed by atoms with E-state index < -0.39 is 6.10 Å². The molecule has 0 fully saturated rings. The van der Waals surface area contributed by atoms with Gasteiger partial charge in [0.25, 0.3) is 0 Å². The molecule has 2 aromatic heterocycles. The van der Waals surface area contributed by atoms with Gasteiger partial charge >= 0.3 is 0 Å². The summed E-state index contributed by atoms with van der Waals surface area (Å²) in [5.74, 6) is 0. The lowest BCUT2D eigenvalue weighted by Crippen LogP contribution is -2.04. The Kier molecular flexibility index (Phi) is 3.02. The maximum atomic E-state index is 9.70. The van der Waals surface area contributed by atoms with Crippen LogP contribution in [-0.4, -0.2) is 24.7 Å². The molecule has 1 atom stereocenters. The Morgan fingerprint density at radius 3 is 2.59 bits per heavy atom. The first-order chi connectivity index (χ1) is 7.99. The van der Waals surface area contributed by atoms with Crippen LogP contribution in [-0.2, 0) is 13.6 Å². The minimum absolute atomic E-state index is 0.474. The lowest BCUT2D eigenvalue weighted by atomic mass is 10.1. The first kappa shape index (κ1) is 11.9. The van der Waals surface area contributed by atoms with Gasteiger partial charge in [-0.05, 0) is 20.8 Å². The second kappa shape index (κ2) is 4.33. The van der Waals surface area contributed by atoms with E-state index in [1.807, 2.05) is 38.0 Å². The zero-order valence-corrected chi connectivity index (χ0v) is 10.7. The van der Waals surface area contributed by atoms with Gasteiger partial charge in [-0.1, -0.05) is 0 Å². The zero-order valence-electron chi connectivity index (χ0n) is 10.7. The third-order valence-electron chi connectivity index (χ3n) is 2.95. The van der Waals surface area contributed by atoms with Crippen LogP contribution in [0.4, 0.5) is 0 Å². The Hall–Kier alpha value is -1.62. The summed E-state index contributed by atoms with van der Waals surface area (Å²) in [4.78, 5) is 0. The molecule has 2 heterocycles. The minimum Gasteiger partial charge on any atom is -0.389 e. The van der Waals surface area contributed by atoms with Gasteiger partial charge in [0.15, 0.2) is 0 Å². The van der Waals surface area contributed by atoms with Crippen molar-refractivity contribution in [1.29, 1.82) is 0 Å². The van der Waals surface area contributed by atoms with Gasteiger partial charge in [0.05, 0.1) is 24.5 Å². The Labute approximate surface area is 101 Å². The summed E-state index contributed by atoms with van der Waals surface area (Å²) < 4.78 is 3.69. The molecular weight excluding hydrogens is 216 g/mol. The maximum Gasteiger partial charge on any atom is 0.0797 e. The Morgan fingerprint density at radius 1 is 1.41 bits per heavy atom. The highest BCUT2D eigenvalue weighted by molar-refractivity contribution is 5.27. The highest BCUT2D eigenvalue weighted by atomic mass is 16.3. The molecule has 2 rings (SSSR count). The molecule has 1 N–H and O–H groups in total. The standard InChI is InChI=1S/C12H18N4O/c1-8-12(10(3)17)9(2)16(14-8)7-11-5-13-15(4)6-11/h5-6,10,17H,7H2,1-4H3. The van der Waals surface area contributed by atoms with Crippen molar-refractivity contribution >= 4 is 0 Å². The van der Waals surface area contributed by atoms with Gasteiger partial charge in [-0.3, -0.25) is 9.36 Å². The molecule has 0 amide bonds. The Balaban J connectivity index is 2.31. The predicted molar refractivity (Wildman–Crippen MR) is 64.6 cm³/mol. The molecule has 5 heteroatoms. The fourth-order valence-electron chi connectivity index (χ4n) is 2.20. The predicted octanol–water partition coefficient (Wildman–Crippen LogP) is 1.34. The molecular formula is C12H18N4O. The summed E-state index contributed by atoms with van der Waals surface area (Å²) in [5.41, 5.74) is 3.94. The van der Waals surface area contributed by atoms with E-state index in [1.54, 1.807) is 11.6 Å². The third kappa shape index (κ3) is 2.24. The summed E-state index contributed by atoms with van der Waals surface area (Å²) in [6.45, 7) is 6.37. The van der Waals surface area contributed by atoms with E-state index >= 15 is 0 Å². The largest absolute Gasteiger partial charge is 0.389 e. The van der Waals surface area contributed by atoms with Crippen LogP contribution in [0.1, 0.15) is 35.5 Å². The Bertz CT molecular complexity index is 525. The number of aromatic nitrogens is 4. The molecule has 5 nitrogen and oxygen atoms in total. The quantitative estimate of drug-likeness (QED) is 0.871. The van der Waals surface area contributed by atoms with Crippen LogP contribution < -0.4 is 0 Å². The lowest BCUT2D eigenvalue weighted by Gasteiger charge is -2.05. The number of aryl methyl sites for hydroxylation is 2. The number of hydrogen-bond donors (Lipinski definition) is 1. The van der Waals surface area contributed by atoms with Crippen LogP contribution in [0.3, 0.4) is 0 Å². The smallest absolute Gasteiger partial charge is 0.0797 e. The first-order valence-electron chi connectivity index (χ1n) is 5.68. The van der Waals surface area contributed by atoms with Gasteiger partial charge in [-0.25, -0.2) is 0 Å². The number of rotatable bonds is 3. The molecule has 92 valence electrons. The van der Waals surface area contributed by atoms with Gasteiger partial charge in [-0.15, -0.1) is 0 Å². The molecule has 0 aliphatic carbocycles. The van der Waals surface area contributed by atoms with Crippen molar-refractivity contribution in [2.45, 2.75) is 33.4 Å². The molecule has 0 saturated carbocycles. The van der Waals surface area contributed by atoms with Gasteiger partial charge in [0.1, 0.15) is 0 Å². The van der Waals surface area contributed by atoms with Gasteiger partial charge in [0.2, 0.25) is 0 Å². The average molecular weight is 234 g/mol.